The Balaban J connectivity index is 1.43. The maximum Gasteiger partial charge on any atom is 0.253 e. The number of ether oxygens (including phenoxy) is 1. The van der Waals surface area contributed by atoms with Crippen LogP contribution in [-0.4, -0.2) is 45.2 Å². The summed E-state index contributed by atoms with van der Waals surface area (Å²) in [5, 5.41) is 16.6. The third-order valence-electron chi connectivity index (χ3n) is 5.69. The van der Waals surface area contributed by atoms with Gasteiger partial charge in [0, 0.05) is 31.6 Å². The molecule has 10 heteroatoms. The molecule has 0 aliphatic carbocycles. The van der Waals surface area contributed by atoms with Gasteiger partial charge in [0.1, 0.15) is 17.5 Å². The number of aromatic amines is 1. The van der Waals surface area contributed by atoms with Gasteiger partial charge in [-0.1, -0.05) is 6.07 Å². The Morgan fingerprint density at radius 1 is 1.15 bits per heavy atom. The van der Waals surface area contributed by atoms with Crippen LogP contribution in [0, 0.1) is 11.6 Å². The number of hydrogen-bond acceptors (Lipinski definition) is 6. The number of aromatic nitrogens is 3. The monoisotopic (exact) mass is 465 g/mol. The summed E-state index contributed by atoms with van der Waals surface area (Å²) in [6, 6.07) is 8.31. The lowest BCUT2D eigenvalue weighted by Gasteiger charge is -2.23. The maximum absolute atomic E-state index is 14.4. The van der Waals surface area contributed by atoms with Crippen LogP contribution in [0.25, 0.3) is 22.2 Å². The molecule has 5 rings (SSSR count). The fraction of sp³-hybridized carbons (Fsp3) is 0.208. The minimum Gasteiger partial charge on any atom is -0.494 e. The van der Waals surface area contributed by atoms with Crippen LogP contribution in [0.4, 0.5) is 20.3 Å². The van der Waals surface area contributed by atoms with Gasteiger partial charge in [-0.25, -0.2) is 18.7 Å². The van der Waals surface area contributed by atoms with Gasteiger partial charge >= 0.3 is 0 Å². The normalized spacial score (nSPS) is 14.3. The molecule has 34 heavy (non-hydrogen) atoms. The second-order valence-corrected chi connectivity index (χ2v) is 7.97. The molecule has 0 bridgehead atoms. The van der Waals surface area contributed by atoms with Crippen LogP contribution in [0.2, 0.25) is 0 Å². The van der Waals surface area contributed by atoms with Crippen molar-refractivity contribution < 1.29 is 23.4 Å². The first-order valence-electron chi connectivity index (χ1n) is 10.8. The van der Waals surface area contributed by atoms with Gasteiger partial charge in [0.05, 0.1) is 33.4 Å². The van der Waals surface area contributed by atoms with E-state index in [-0.39, 0.29) is 29.1 Å². The molecule has 4 N–H and O–H groups in total. The van der Waals surface area contributed by atoms with Crippen LogP contribution >= 0.6 is 0 Å². The molecule has 0 radical (unpaired) electrons. The van der Waals surface area contributed by atoms with E-state index in [1.807, 2.05) is 0 Å². The Morgan fingerprint density at radius 3 is 2.62 bits per heavy atom. The van der Waals surface area contributed by atoms with Gasteiger partial charge in [0.15, 0.2) is 5.88 Å². The number of hydrogen-bond donors (Lipinski definition) is 4. The standard InChI is InChI=1S/C24H21F2N5O3/c25-15-2-1-3-16(26)21(15)17-10-18(22-19(30-17)12-28-24(22)33)31-20-5-4-13(11-27-20)23(32)29-14-6-8-34-9-7-14/h1-5,10-12,14,28,33H,6-9H2,(H,27,31)(H,29,32). The van der Waals surface area contributed by atoms with Gasteiger partial charge in [-0.15, -0.1) is 0 Å². The molecule has 1 aliphatic heterocycles. The molecule has 4 heterocycles. The van der Waals surface area contributed by atoms with E-state index in [0.717, 1.165) is 25.0 Å². The molecule has 8 nitrogen and oxygen atoms in total. The Kier molecular flexibility index (Phi) is 5.81. The summed E-state index contributed by atoms with van der Waals surface area (Å²) in [5.41, 5.74) is 0.828. The maximum atomic E-state index is 14.4. The van der Waals surface area contributed by atoms with Gasteiger partial charge in [-0.3, -0.25) is 4.79 Å². The minimum atomic E-state index is -0.754. The van der Waals surface area contributed by atoms with E-state index in [0.29, 0.717) is 41.2 Å². The Morgan fingerprint density at radius 2 is 1.91 bits per heavy atom. The van der Waals surface area contributed by atoms with E-state index in [9.17, 15) is 18.7 Å². The van der Waals surface area contributed by atoms with Crippen molar-refractivity contribution >= 4 is 28.3 Å². The Hall–Kier alpha value is -4.05. The first-order valence-corrected chi connectivity index (χ1v) is 10.8. The molecular formula is C24H21F2N5O3. The van der Waals surface area contributed by atoms with Crippen LogP contribution in [0.1, 0.15) is 23.2 Å². The molecule has 4 aromatic rings. The third-order valence-corrected chi connectivity index (χ3v) is 5.69. The SMILES string of the molecule is O=C(NC1CCOCC1)c1ccc(Nc2cc(-c3c(F)cccc3F)nc3c[nH]c(O)c23)nc1. The highest BCUT2D eigenvalue weighted by atomic mass is 19.1. The van der Waals surface area contributed by atoms with Crippen LogP contribution in [-0.2, 0) is 4.74 Å². The van der Waals surface area contributed by atoms with E-state index in [1.165, 1.54) is 24.5 Å². The number of anilines is 2. The predicted octanol–water partition coefficient (Wildman–Crippen LogP) is 4.26. The van der Waals surface area contributed by atoms with Crippen molar-refractivity contribution in [3.8, 4) is 17.1 Å². The summed E-state index contributed by atoms with van der Waals surface area (Å²) in [6.45, 7) is 1.24. The average molecular weight is 465 g/mol. The van der Waals surface area contributed by atoms with E-state index in [4.69, 9.17) is 4.74 Å². The van der Waals surface area contributed by atoms with Crippen molar-refractivity contribution in [3.63, 3.8) is 0 Å². The number of carbonyl (C=O) groups is 1. The summed E-state index contributed by atoms with van der Waals surface area (Å²) >= 11 is 0. The molecule has 1 amide bonds. The first kappa shape index (κ1) is 21.8. The van der Waals surface area contributed by atoms with Crippen molar-refractivity contribution in [2.24, 2.45) is 0 Å². The molecule has 0 spiro atoms. The zero-order valence-corrected chi connectivity index (χ0v) is 17.9. The number of nitrogens with zero attached hydrogens (tertiary/aromatic N) is 2. The number of pyridine rings is 2. The predicted molar refractivity (Wildman–Crippen MR) is 122 cm³/mol. The molecule has 0 atom stereocenters. The number of rotatable bonds is 5. The Bertz CT molecular complexity index is 1330. The third kappa shape index (κ3) is 4.27. The number of aromatic hydroxyl groups is 1. The zero-order chi connectivity index (χ0) is 23.7. The van der Waals surface area contributed by atoms with E-state index in [1.54, 1.807) is 12.1 Å². The fourth-order valence-electron chi connectivity index (χ4n) is 3.95. The second-order valence-electron chi connectivity index (χ2n) is 7.97. The fourth-order valence-corrected chi connectivity index (χ4v) is 3.95. The summed E-state index contributed by atoms with van der Waals surface area (Å²) < 4.78 is 34.1. The van der Waals surface area contributed by atoms with Gasteiger partial charge in [-0.2, -0.15) is 0 Å². The molecule has 0 saturated carbocycles. The largest absolute Gasteiger partial charge is 0.494 e. The van der Waals surface area contributed by atoms with E-state index < -0.39 is 11.6 Å². The molecule has 1 saturated heterocycles. The van der Waals surface area contributed by atoms with Crippen molar-refractivity contribution in [2.75, 3.05) is 18.5 Å². The summed E-state index contributed by atoms with van der Waals surface area (Å²) in [6.07, 6.45) is 4.41. The van der Waals surface area contributed by atoms with Gasteiger partial charge in [0.2, 0.25) is 0 Å². The number of carbonyl (C=O) groups excluding carboxylic acids is 1. The lowest BCUT2D eigenvalue weighted by molar-refractivity contribution is 0.0696. The topological polar surface area (TPSA) is 112 Å². The van der Waals surface area contributed by atoms with Gasteiger partial charge in [-0.05, 0) is 43.2 Å². The molecule has 174 valence electrons. The molecule has 0 unspecified atom stereocenters. The number of halogens is 2. The summed E-state index contributed by atoms with van der Waals surface area (Å²) in [4.78, 5) is 23.7. The highest BCUT2D eigenvalue weighted by Crippen LogP contribution is 2.36. The number of nitrogens with one attached hydrogen (secondary N) is 3. The average Bonchev–Trinajstić information content (AvgIpc) is 3.21. The highest BCUT2D eigenvalue weighted by molar-refractivity contribution is 5.99. The lowest BCUT2D eigenvalue weighted by Crippen LogP contribution is -2.38. The number of fused-ring (bicyclic) bond motifs is 1. The molecule has 1 fully saturated rings. The lowest BCUT2D eigenvalue weighted by atomic mass is 10.1. The quantitative estimate of drug-likeness (QED) is 0.350. The number of benzene rings is 1. The Labute approximate surface area is 193 Å². The molecule has 1 aromatic carbocycles. The van der Waals surface area contributed by atoms with Crippen molar-refractivity contribution in [2.45, 2.75) is 18.9 Å². The number of amides is 1. The molecule has 1 aliphatic rings. The summed E-state index contributed by atoms with van der Waals surface area (Å²) in [7, 11) is 0. The zero-order valence-electron chi connectivity index (χ0n) is 17.9. The van der Waals surface area contributed by atoms with Crippen LogP contribution in [0.3, 0.4) is 0 Å². The smallest absolute Gasteiger partial charge is 0.253 e. The van der Waals surface area contributed by atoms with Gasteiger partial charge in [0.25, 0.3) is 5.91 Å². The van der Waals surface area contributed by atoms with Crippen LogP contribution in [0.15, 0.2) is 48.8 Å². The number of H-pyrrole nitrogens is 1. The molecule has 3 aromatic heterocycles. The van der Waals surface area contributed by atoms with Crippen LogP contribution in [0.5, 0.6) is 5.88 Å². The van der Waals surface area contributed by atoms with E-state index in [2.05, 4.69) is 25.6 Å². The minimum absolute atomic E-state index is 0.0528. The highest BCUT2D eigenvalue weighted by Gasteiger charge is 2.19. The second kappa shape index (κ2) is 9.06. The van der Waals surface area contributed by atoms with Gasteiger partial charge < -0.3 is 25.5 Å². The van der Waals surface area contributed by atoms with Crippen LogP contribution < -0.4 is 10.6 Å². The van der Waals surface area contributed by atoms with Crippen molar-refractivity contribution in [1.82, 2.24) is 20.3 Å². The van der Waals surface area contributed by atoms with Crippen molar-refractivity contribution in [1.29, 1.82) is 0 Å². The molecular weight excluding hydrogens is 444 g/mol. The van der Waals surface area contributed by atoms with Crippen molar-refractivity contribution in [3.05, 3.63) is 66.0 Å². The summed E-state index contributed by atoms with van der Waals surface area (Å²) in [5.74, 6) is -1.52. The van der Waals surface area contributed by atoms with E-state index >= 15 is 0 Å². The first-order chi connectivity index (χ1) is 16.5.